The molecule has 1 atom stereocenters. The molecule has 2 N–H and O–H groups in total. The quantitative estimate of drug-likeness (QED) is 0.827. The van der Waals surface area contributed by atoms with Crippen molar-refractivity contribution in [3.8, 4) is 0 Å². The van der Waals surface area contributed by atoms with Gasteiger partial charge in [0.2, 0.25) is 5.91 Å². The Hall–Kier alpha value is -1.17. The summed E-state index contributed by atoms with van der Waals surface area (Å²) in [7, 11) is 1.55. The van der Waals surface area contributed by atoms with Crippen molar-refractivity contribution in [2.24, 2.45) is 5.73 Å². The number of carbonyl (C=O) groups excluding carboxylic acids is 1. The van der Waals surface area contributed by atoms with Gasteiger partial charge in [0, 0.05) is 19.7 Å². The zero-order chi connectivity index (χ0) is 15.9. The van der Waals surface area contributed by atoms with Crippen LogP contribution in [0.2, 0.25) is 0 Å². The number of benzene rings is 1. The maximum atomic E-state index is 13.0. The van der Waals surface area contributed by atoms with E-state index < -0.39 is 6.04 Å². The minimum absolute atomic E-state index is 0. The molecule has 1 saturated carbocycles. The van der Waals surface area contributed by atoms with E-state index in [-0.39, 0.29) is 36.8 Å². The fourth-order valence-electron chi connectivity index (χ4n) is 3.05. The topological polar surface area (TPSA) is 55.6 Å². The van der Waals surface area contributed by atoms with Crippen molar-refractivity contribution in [1.82, 2.24) is 4.90 Å². The second-order valence-corrected chi connectivity index (χ2v) is 5.91. The predicted molar refractivity (Wildman–Crippen MR) is 91.2 cm³/mol. The molecule has 0 aromatic heterocycles. The van der Waals surface area contributed by atoms with E-state index in [9.17, 15) is 9.18 Å². The van der Waals surface area contributed by atoms with Crippen molar-refractivity contribution in [3.05, 3.63) is 35.6 Å². The molecule has 1 aromatic rings. The maximum absolute atomic E-state index is 13.0. The van der Waals surface area contributed by atoms with Gasteiger partial charge in [0.05, 0.1) is 6.61 Å². The molecular formula is C17H26ClFN2O2. The summed E-state index contributed by atoms with van der Waals surface area (Å²) in [6, 6.07) is 6.10. The number of methoxy groups -OCH3 is 1. The van der Waals surface area contributed by atoms with Gasteiger partial charge in [-0.05, 0) is 37.0 Å². The molecule has 6 heteroatoms. The van der Waals surface area contributed by atoms with E-state index in [0.717, 1.165) is 31.2 Å². The van der Waals surface area contributed by atoms with Crippen LogP contribution in [0.25, 0.3) is 0 Å². The summed E-state index contributed by atoms with van der Waals surface area (Å²) in [5.74, 6) is -0.287. The molecule has 0 aliphatic heterocycles. The van der Waals surface area contributed by atoms with Crippen molar-refractivity contribution in [2.75, 3.05) is 20.3 Å². The first-order valence-corrected chi connectivity index (χ1v) is 7.91. The highest BCUT2D eigenvalue weighted by molar-refractivity contribution is 5.85. The molecule has 130 valence electrons. The Kier molecular flexibility index (Phi) is 8.52. The normalized spacial score (nSPS) is 16.0. The summed E-state index contributed by atoms with van der Waals surface area (Å²) in [6.45, 7) is 0.852. The number of nitrogens with zero attached hydrogens (tertiary/aromatic N) is 1. The van der Waals surface area contributed by atoms with Gasteiger partial charge in [-0.25, -0.2) is 4.39 Å². The highest BCUT2D eigenvalue weighted by Gasteiger charge is 2.29. The molecule has 0 spiro atoms. The SMILES string of the molecule is COCC(N)C(=O)N(CCc1ccc(F)cc1)C1CCCC1.Cl. The third-order valence-corrected chi connectivity index (χ3v) is 4.27. The Bertz CT molecular complexity index is 478. The summed E-state index contributed by atoms with van der Waals surface area (Å²) in [4.78, 5) is 14.5. The van der Waals surface area contributed by atoms with Crippen molar-refractivity contribution < 1.29 is 13.9 Å². The largest absolute Gasteiger partial charge is 0.383 e. The number of rotatable bonds is 7. The van der Waals surface area contributed by atoms with Crippen LogP contribution in [-0.4, -0.2) is 43.2 Å². The molecule has 1 aliphatic carbocycles. The van der Waals surface area contributed by atoms with E-state index >= 15 is 0 Å². The van der Waals surface area contributed by atoms with Gasteiger partial charge in [-0.15, -0.1) is 12.4 Å². The molecule has 0 heterocycles. The number of halogens is 2. The van der Waals surface area contributed by atoms with Crippen LogP contribution in [0.15, 0.2) is 24.3 Å². The van der Waals surface area contributed by atoms with Gasteiger partial charge in [0.15, 0.2) is 0 Å². The van der Waals surface area contributed by atoms with Gasteiger partial charge >= 0.3 is 0 Å². The Morgan fingerprint density at radius 2 is 1.96 bits per heavy atom. The van der Waals surface area contributed by atoms with Gasteiger partial charge in [0.1, 0.15) is 11.9 Å². The molecule has 0 bridgehead atoms. The second-order valence-electron chi connectivity index (χ2n) is 5.91. The summed E-state index contributed by atoms with van der Waals surface area (Å²) in [5, 5.41) is 0. The standard InChI is InChI=1S/C17H25FN2O2.ClH/c1-22-12-16(19)17(21)20(15-4-2-3-5-15)11-10-13-6-8-14(18)9-7-13;/h6-9,15-16H,2-5,10-12,19H2,1H3;1H. The van der Waals surface area contributed by atoms with Gasteiger partial charge in [-0.2, -0.15) is 0 Å². The van der Waals surface area contributed by atoms with E-state index in [0.29, 0.717) is 13.0 Å². The molecule has 1 amide bonds. The molecule has 1 fully saturated rings. The second kappa shape index (κ2) is 9.85. The van der Waals surface area contributed by atoms with Crippen LogP contribution >= 0.6 is 12.4 Å². The fourth-order valence-corrected chi connectivity index (χ4v) is 3.05. The molecule has 0 saturated heterocycles. The zero-order valence-corrected chi connectivity index (χ0v) is 14.4. The Morgan fingerprint density at radius 3 is 2.52 bits per heavy atom. The third kappa shape index (κ3) is 5.75. The predicted octanol–water partition coefficient (Wildman–Crippen LogP) is 2.53. The highest BCUT2D eigenvalue weighted by atomic mass is 35.5. The van der Waals surface area contributed by atoms with Crippen LogP contribution in [-0.2, 0) is 16.0 Å². The molecule has 23 heavy (non-hydrogen) atoms. The van der Waals surface area contributed by atoms with Crippen molar-refractivity contribution in [1.29, 1.82) is 0 Å². The number of hydrogen-bond acceptors (Lipinski definition) is 3. The Balaban J connectivity index is 0.00000264. The van der Waals surface area contributed by atoms with Gasteiger partial charge in [-0.1, -0.05) is 25.0 Å². The van der Waals surface area contributed by atoms with E-state index in [4.69, 9.17) is 10.5 Å². The minimum atomic E-state index is -0.612. The summed E-state index contributed by atoms with van der Waals surface area (Å²) >= 11 is 0. The lowest BCUT2D eigenvalue weighted by molar-refractivity contribution is -0.136. The van der Waals surface area contributed by atoms with E-state index in [2.05, 4.69) is 0 Å². The van der Waals surface area contributed by atoms with Crippen molar-refractivity contribution >= 4 is 18.3 Å². The smallest absolute Gasteiger partial charge is 0.242 e. The van der Waals surface area contributed by atoms with Crippen LogP contribution in [0.5, 0.6) is 0 Å². The van der Waals surface area contributed by atoms with Crippen molar-refractivity contribution in [2.45, 2.75) is 44.2 Å². The number of ether oxygens (including phenoxy) is 1. The first-order chi connectivity index (χ1) is 10.6. The van der Waals surface area contributed by atoms with Gasteiger partial charge in [-0.3, -0.25) is 4.79 Å². The molecule has 0 radical (unpaired) electrons. The first kappa shape index (κ1) is 19.9. The highest BCUT2D eigenvalue weighted by Crippen LogP contribution is 2.24. The lowest BCUT2D eigenvalue weighted by atomic mass is 10.1. The number of nitrogens with two attached hydrogens (primary N) is 1. The van der Waals surface area contributed by atoms with E-state index in [1.807, 2.05) is 4.90 Å². The fraction of sp³-hybridized carbons (Fsp3) is 0.588. The lowest BCUT2D eigenvalue weighted by Gasteiger charge is -2.31. The van der Waals surface area contributed by atoms with Crippen molar-refractivity contribution in [3.63, 3.8) is 0 Å². The maximum Gasteiger partial charge on any atom is 0.242 e. The summed E-state index contributed by atoms with van der Waals surface area (Å²) < 4.78 is 18.0. The molecular weight excluding hydrogens is 319 g/mol. The van der Waals surface area contributed by atoms with Gasteiger partial charge in [0.25, 0.3) is 0 Å². The average molecular weight is 345 g/mol. The van der Waals surface area contributed by atoms with Gasteiger partial charge < -0.3 is 15.4 Å². The number of carbonyl (C=O) groups is 1. The van der Waals surface area contributed by atoms with Crippen LogP contribution in [0, 0.1) is 5.82 Å². The zero-order valence-electron chi connectivity index (χ0n) is 13.5. The first-order valence-electron chi connectivity index (χ1n) is 7.91. The molecule has 4 nitrogen and oxygen atoms in total. The minimum Gasteiger partial charge on any atom is -0.383 e. The molecule has 2 rings (SSSR count). The Labute approximate surface area is 143 Å². The van der Waals surface area contributed by atoms with Crippen LogP contribution in [0.3, 0.4) is 0 Å². The van der Waals surface area contributed by atoms with E-state index in [1.165, 1.54) is 12.1 Å². The lowest BCUT2D eigenvalue weighted by Crippen LogP contribution is -2.50. The van der Waals surface area contributed by atoms with Crippen LogP contribution < -0.4 is 5.73 Å². The van der Waals surface area contributed by atoms with Crippen LogP contribution in [0.4, 0.5) is 4.39 Å². The molecule has 1 unspecified atom stereocenters. The Morgan fingerprint density at radius 1 is 1.35 bits per heavy atom. The number of hydrogen-bond donors (Lipinski definition) is 1. The number of amides is 1. The average Bonchev–Trinajstić information content (AvgIpc) is 3.03. The monoisotopic (exact) mass is 344 g/mol. The van der Waals surface area contributed by atoms with Crippen LogP contribution in [0.1, 0.15) is 31.2 Å². The molecule has 1 aromatic carbocycles. The third-order valence-electron chi connectivity index (χ3n) is 4.27. The van der Waals surface area contributed by atoms with E-state index in [1.54, 1.807) is 19.2 Å². The summed E-state index contributed by atoms with van der Waals surface area (Å²) in [6.07, 6.45) is 5.10. The molecule has 1 aliphatic rings. The summed E-state index contributed by atoms with van der Waals surface area (Å²) in [5.41, 5.74) is 6.94.